The summed E-state index contributed by atoms with van der Waals surface area (Å²) in [6.45, 7) is 4.56. The first-order valence-electron chi connectivity index (χ1n) is 9.99. The minimum absolute atomic E-state index is 0. The van der Waals surface area contributed by atoms with Crippen LogP contribution in [0.1, 0.15) is 48.2 Å². The summed E-state index contributed by atoms with van der Waals surface area (Å²) in [5.41, 5.74) is 0.796. The van der Waals surface area contributed by atoms with E-state index in [1.807, 2.05) is 0 Å². The zero-order chi connectivity index (χ0) is 30.0. The van der Waals surface area contributed by atoms with Crippen LogP contribution < -0.4 is 0 Å². The van der Waals surface area contributed by atoms with Crippen molar-refractivity contribution >= 4 is 51.1 Å². The molecule has 0 aromatic carbocycles. The molecule has 0 bridgehead atoms. The van der Waals surface area contributed by atoms with Crippen molar-refractivity contribution in [1.29, 1.82) is 0 Å². The third-order valence-corrected chi connectivity index (χ3v) is 6.36. The number of pyridine rings is 3. The van der Waals surface area contributed by atoms with Crippen LogP contribution in [0.25, 0.3) is 0 Å². The number of carboxylic acids is 3. The number of hydrogen-bond donors (Lipinski definition) is 6. The molecule has 0 spiro atoms. The van der Waals surface area contributed by atoms with Crippen LogP contribution in [0.2, 0.25) is 0 Å². The first-order valence-corrected chi connectivity index (χ1v) is 13.3. The normalized spacial score (nSPS) is 11.6. The van der Waals surface area contributed by atoms with Gasteiger partial charge in [0.25, 0.3) is 0 Å². The van der Waals surface area contributed by atoms with E-state index in [9.17, 15) is 27.0 Å². The van der Waals surface area contributed by atoms with Gasteiger partial charge >= 0.3 is 17.9 Å². The second-order valence-corrected chi connectivity index (χ2v) is 9.98. The van der Waals surface area contributed by atoms with Gasteiger partial charge in [0.2, 0.25) is 0 Å². The van der Waals surface area contributed by atoms with E-state index >= 15 is 0 Å². The monoisotopic (exact) mass is 870 g/mol. The first kappa shape index (κ1) is 45.9. The largest absolute Gasteiger partial charge is 0.478 e. The van der Waals surface area contributed by atoms with Gasteiger partial charge in [-0.3, -0.25) is 15.0 Å². The van der Waals surface area contributed by atoms with E-state index in [2.05, 4.69) is 15.0 Å². The quantitative estimate of drug-likeness (QED) is 0.194. The third-order valence-electron chi connectivity index (χ3n) is 4.48. The van der Waals surface area contributed by atoms with Gasteiger partial charge in [0.15, 0.2) is 33.2 Å². The second kappa shape index (κ2) is 22.1. The molecule has 3 aromatic heterocycles. The number of hydrogen-bond acceptors (Lipinski definition) is 9. The van der Waals surface area contributed by atoms with Crippen molar-refractivity contribution < 1.29 is 154 Å². The Bertz CT molecular complexity index is 1320. The van der Waals surface area contributed by atoms with Crippen molar-refractivity contribution in [3.63, 3.8) is 0 Å². The molecule has 6 N–H and O–H groups in total. The van der Waals surface area contributed by atoms with Crippen molar-refractivity contribution in [1.82, 2.24) is 15.0 Å². The number of carbonyl (C=O) groups is 3. The fourth-order valence-corrected chi connectivity index (χ4v) is 3.56. The fraction of sp³-hybridized carbons (Fsp3) is 0.143. The molecule has 0 amide bonds. The second-order valence-electron chi connectivity index (χ2n) is 7.07. The molecule has 3 atom stereocenters. The molecule has 3 radical (unpaired) electrons. The Labute approximate surface area is 322 Å². The topological polar surface area (TPSA) is 262 Å². The van der Waals surface area contributed by atoms with Gasteiger partial charge < -0.3 is 29.0 Å². The summed E-state index contributed by atoms with van der Waals surface area (Å²) in [4.78, 5) is 42.8. The molecule has 3 rings (SSSR count). The minimum atomic E-state index is -2.19. The van der Waals surface area contributed by atoms with Crippen LogP contribution >= 0.6 is 0 Å². The molecule has 15 nitrogen and oxygen atoms in total. The number of aryl methyl sites for hydroxylation is 3. The Balaban J connectivity index is -0.000000524. The zero-order valence-electron chi connectivity index (χ0n) is 21.9. The molecule has 3 heterocycles. The van der Waals surface area contributed by atoms with E-state index in [0.29, 0.717) is 17.1 Å². The molecule has 3 unspecified atom stereocenters. The van der Waals surface area contributed by atoms with Gasteiger partial charge in [-0.05, 0) is 39.0 Å². The van der Waals surface area contributed by atoms with E-state index in [-0.39, 0.29) is 130 Å². The van der Waals surface area contributed by atoms with Gasteiger partial charge in [0.1, 0.15) is 0 Å². The average Bonchev–Trinajstić information content (AvgIpc) is 2.84. The maximum atomic E-state index is 10.6. The first-order chi connectivity index (χ1) is 18.1. The van der Waals surface area contributed by atoms with Gasteiger partial charge in [-0.2, -0.15) is 0 Å². The van der Waals surface area contributed by atoms with E-state index in [1.165, 1.54) is 39.4 Å². The molecule has 0 fully saturated rings. The van der Waals surface area contributed by atoms with Crippen molar-refractivity contribution in [2.75, 3.05) is 0 Å². The summed E-state index contributed by atoms with van der Waals surface area (Å²) in [6, 6.07) is 3.42. The Morgan fingerprint density at radius 3 is 0.857 bits per heavy atom. The number of carboxylic acid groups (broad SMARTS) is 3. The van der Waals surface area contributed by atoms with Crippen LogP contribution in [0.3, 0.4) is 0 Å². The smallest absolute Gasteiger partial charge is 0.337 e. The molecule has 0 aliphatic rings. The van der Waals surface area contributed by atoms with Crippen LogP contribution in [-0.2, 0) is 131 Å². The fourth-order valence-electron chi connectivity index (χ4n) is 2.48. The molecular weight excluding hydrogens is 849 g/mol. The number of aromatic nitrogens is 3. The van der Waals surface area contributed by atoms with E-state index < -0.39 is 51.1 Å². The minimum Gasteiger partial charge on any atom is -0.478 e. The SMILES string of the molecule is Cc1ncc(S(=O)O)cc1C(=O)O.Cc1ncc(S(=O)O)cc1C(=O)O.Cc1ncc(S(=O)O)cc1C(=O)O.[Y].[Y].[Y]. The third kappa shape index (κ3) is 15.0. The van der Waals surface area contributed by atoms with Crippen LogP contribution in [0.5, 0.6) is 0 Å². The zero-order valence-corrected chi connectivity index (χ0v) is 32.9. The number of nitrogens with zero attached hydrogens (tertiary/aromatic N) is 3. The maximum absolute atomic E-state index is 10.6. The molecular formula is C21H21N3O12S3Y3. The predicted molar refractivity (Wildman–Crippen MR) is 135 cm³/mol. The number of rotatable bonds is 6. The van der Waals surface area contributed by atoms with Crippen LogP contribution in [0, 0.1) is 20.8 Å². The summed E-state index contributed by atoms with van der Waals surface area (Å²) < 4.78 is 57.7. The van der Waals surface area contributed by atoms with E-state index in [0.717, 1.165) is 18.2 Å². The van der Waals surface area contributed by atoms with Crippen LogP contribution in [0.15, 0.2) is 51.5 Å². The molecule has 3 aromatic rings. The molecule has 0 saturated carbocycles. The molecule has 42 heavy (non-hydrogen) atoms. The van der Waals surface area contributed by atoms with Crippen molar-refractivity contribution in [3.05, 3.63) is 70.6 Å². The van der Waals surface area contributed by atoms with Crippen molar-refractivity contribution in [2.24, 2.45) is 0 Å². The van der Waals surface area contributed by atoms with Gasteiger partial charge in [0.05, 0.1) is 48.5 Å². The van der Waals surface area contributed by atoms with E-state index in [1.54, 1.807) is 0 Å². The van der Waals surface area contributed by atoms with Crippen LogP contribution in [0.4, 0.5) is 0 Å². The van der Waals surface area contributed by atoms with Gasteiger partial charge in [0, 0.05) is 117 Å². The molecule has 0 saturated heterocycles. The summed E-state index contributed by atoms with van der Waals surface area (Å²) in [5, 5.41) is 26.0. The Morgan fingerprint density at radius 1 is 0.524 bits per heavy atom. The molecule has 219 valence electrons. The van der Waals surface area contributed by atoms with E-state index in [4.69, 9.17) is 29.0 Å². The maximum Gasteiger partial charge on any atom is 0.337 e. The van der Waals surface area contributed by atoms with Gasteiger partial charge in [-0.15, -0.1) is 0 Å². The predicted octanol–water partition coefficient (Wildman–Crippen LogP) is 2.00. The summed E-state index contributed by atoms with van der Waals surface area (Å²) >= 11 is -6.57. The van der Waals surface area contributed by atoms with Crippen molar-refractivity contribution in [2.45, 2.75) is 35.5 Å². The number of aromatic carboxylic acids is 3. The Hall–Kier alpha value is -0.498. The Kier molecular flexibility index (Phi) is 24.1. The van der Waals surface area contributed by atoms with Crippen LogP contribution in [-0.4, -0.2) is 74.5 Å². The molecule has 0 aliphatic heterocycles. The summed E-state index contributed by atoms with van der Waals surface area (Å²) in [7, 11) is 0. The van der Waals surface area contributed by atoms with Gasteiger partial charge in [-0.25, -0.2) is 27.0 Å². The van der Waals surface area contributed by atoms with Gasteiger partial charge in [-0.1, -0.05) is 0 Å². The average molecular weight is 870 g/mol. The van der Waals surface area contributed by atoms with Crippen molar-refractivity contribution in [3.8, 4) is 0 Å². The Morgan fingerprint density at radius 2 is 0.714 bits per heavy atom. The molecule has 0 aliphatic carbocycles. The summed E-state index contributed by atoms with van der Waals surface area (Å²) in [6.07, 6.45) is 3.54. The summed E-state index contributed by atoms with van der Waals surface area (Å²) in [5.74, 6) is -3.47. The standard InChI is InChI=1S/3C7H7NO4S.3Y/c3*1-4-6(7(9)10)2-5(3-8-4)13(11)12;;;/h3*2-3H,1H3,(H,9,10)(H,11,12);;;. The molecule has 21 heteroatoms.